The first-order valence-electron chi connectivity index (χ1n) is 11.4. The molecule has 2 atom stereocenters. The quantitative estimate of drug-likeness (QED) is 0.509. The van der Waals surface area contributed by atoms with E-state index in [0.29, 0.717) is 6.04 Å². The predicted octanol–water partition coefficient (Wildman–Crippen LogP) is 2.02. The largest absolute Gasteiger partial charge is 0.379 e. The minimum atomic E-state index is 0.235. The van der Waals surface area contributed by atoms with Crippen molar-refractivity contribution in [2.45, 2.75) is 37.4 Å². The van der Waals surface area contributed by atoms with E-state index in [1.807, 2.05) is 7.05 Å². The van der Waals surface area contributed by atoms with Gasteiger partial charge in [0.25, 0.3) is 0 Å². The summed E-state index contributed by atoms with van der Waals surface area (Å²) in [5.74, 6) is 3.39. The number of ether oxygens (including phenoxy) is 1. The summed E-state index contributed by atoms with van der Waals surface area (Å²) in [6, 6.07) is 11.4. The highest BCUT2D eigenvalue weighted by Gasteiger charge is 2.40. The average molecular weight is 432 g/mol. The van der Waals surface area contributed by atoms with Crippen LogP contribution in [0.5, 0.6) is 0 Å². The number of guanidine groups is 1. The van der Waals surface area contributed by atoms with Crippen LogP contribution in [0.2, 0.25) is 0 Å². The lowest BCUT2D eigenvalue weighted by atomic mass is 9.95. The van der Waals surface area contributed by atoms with Crippen LogP contribution in [0, 0.1) is 0 Å². The van der Waals surface area contributed by atoms with Gasteiger partial charge in [-0.05, 0) is 37.1 Å². The Kier molecular flexibility index (Phi) is 7.93. The zero-order valence-electron chi connectivity index (χ0n) is 18.3. The topological polar surface area (TPSA) is 52.1 Å². The lowest BCUT2D eigenvalue weighted by Crippen LogP contribution is -2.60. The van der Waals surface area contributed by atoms with Crippen LogP contribution in [-0.4, -0.2) is 91.8 Å². The van der Waals surface area contributed by atoms with Crippen LogP contribution in [0.4, 0.5) is 0 Å². The standard InChI is InChI=1S/C23H37N5OS/c1-24-22(26-18-23(9-15-30-19-23)28-11-13-29-14-12-28)25-16-21-8-5-10-27(21)17-20-6-3-2-4-7-20/h2-4,6-7,21H,5,8-19H2,1H3,(H2,24,25,26). The van der Waals surface area contributed by atoms with E-state index >= 15 is 0 Å². The Morgan fingerprint density at radius 1 is 1.20 bits per heavy atom. The van der Waals surface area contributed by atoms with Gasteiger partial charge in [0.1, 0.15) is 0 Å². The number of nitrogens with one attached hydrogen (secondary N) is 2. The van der Waals surface area contributed by atoms with E-state index in [2.05, 4.69) is 67.5 Å². The number of hydrogen-bond acceptors (Lipinski definition) is 5. The molecule has 7 heteroatoms. The lowest BCUT2D eigenvalue weighted by molar-refractivity contribution is -0.0120. The third-order valence-corrected chi connectivity index (χ3v) is 8.04. The van der Waals surface area contributed by atoms with E-state index in [1.54, 1.807) is 0 Å². The second-order valence-electron chi connectivity index (χ2n) is 8.69. The molecular formula is C23H37N5OS. The van der Waals surface area contributed by atoms with Crippen molar-refractivity contribution >= 4 is 17.7 Å². The van der Waals surface area contributed by atoms with Crippen molar-refractivity contribution in [2.24, 2.45) is 4.99 Å². The Labute approximate surface area is 185 Å². The molecule has 3 aliphatic heterocycles. The number of morpholine rings is 1. The van der Waals surface area contributed by atoms with E-state index < -0.39 is 0 Å². The maximum atomic E-state index is 5.59. The lowest BCUT2D eigenvalue weighted by Gasteiger charge is -2.43. The molecule has 30 heavy (non-hydrogen) atoms. The fourth-order valence-corrected chi connectivity index (χ4v) is 6.45. The van der Waals surface area contributed by atoms with E-state index in [4.69, 9.17) is 4.74 Å². The Balaban J connectivity index is 1.28. The van der Waals surface area contributed by atoms with Crippen LogP contribution in [0.1, 0.15) is 24.8 Å². The van der Waals surface area contributed by atoms with Crippen LogP contribution in [0.3, 0.4) is 0 Å². The van der Waals surface area contributed by atoms with Crippen molar-refractivity contribution in [1.82, 2.24) is 20.4 Å². The predicted molar refractivity (Wildman–Crippen MR) is 126 cm³/mol. The molecule has 3 saturated heterocycles. The van der Waals surface area contributed by atoms with Crippen LogP contribution in [0.15, 0.2) is 35.3 Å². The molecule has 3 fully saturated rings. The summed E-state index contributed by atoms with van der Waals surface area (Å²) in [4.78, 5) is 9.78. The van der Waals surface area contributed by atoms with Gasteiger partial charge in [-0.1, -0.05) is 30.3 Å². The molecule has 6 nitrogen and oxygen atoms in total. The molecule has 3 aliphatic rings. The molecule has 1 aromatic carbocycles. The maximum absolute atomic E-state index is 5.59. The highest BCUT2D eigenvalue weighted by atomic mass is 32.2. The van der Waals surface area contributed by atoms with Crippen molar-refractivity contribution in [3.05, 3.63) is 35.9 Å². The monoisotopic (exact) mass is 431 g/mol. The van der Waals surface area contributed by atoms with Gasteiger partial charge in [0.05, 0.1) is 13.2 Å². The smallest absolute Gasteiger partial charge is 0.191 e. The second-order valence-corrected chi connectivity index (χ2v) is 9.79. The fraction of sp³-hybridized carbons (Fsp3) is 0.696. The first-order chi connectivity index (χ1) is 14.8. The van der Waals surface area contributed by atoms with Crippen molar-refractivity contribution in [3.63, 3.8) is 0 Å². The van der Waals surface area contributed by atoms with Crippen LogP contribution in [-0.2, 0) is 11.3 Å². The molecule has 0 aliphatic carbocycles. The first-order valence-corrected chi connectivity index (χ1v) is 12.6. The van der Waals surface area contributed by atoms with Crippen molar-refractivity contribution in [1.29, 1.82) is 0 Å². The summed E-state index contributed by atoms with van der Waals surface area (Å²) in [7, 11) is 1.89. The highest BCUT2D eigenvalue weighted by Crippen LogP contribution is 2.33. The normalized spacial score (nSPS) is 28.7. The molecule has 0 aromatic heterocycles. The number of thioether (sulfide) groups is 1. The van der Waals surface area contributed by atoms with Gasteiger partial charge in [0, 0.05) is 57.1 Å². The van der Waals surface area contributed by atoms with E-state index in [0.717, 1.165) is 51.9 Å². The van der Waals surface area contributed by atoms with Gasteiger partial charge in [0.15, 0.2) is 5.96 Å². The van der Waals surface area contributed by atoms with Crippen molar-refractivity contribution < 1.29 is 4.74 Å². The molecule has 3 heterocycles. The minimum absolute atomic E-state index is 0.235. The number of hydrogen-bond donors (Lipinski definition) is 2. The molecule has 0 saturated carbocycles. The first kappa shape index (κ1) is 21.9. The van der Waals surface area contributed by atoms with Gasteiger partial charge in [-0.15, -0.1) is 0 Å². The SMILES string of the molecule is CN=C(NCC1CCCN1Cc1ccccc1)NCC1(N2CCOCC2)CCSC1. The molecule has 0 bridgehead atoms. The van der Waals surface area contributed by atoms with Gasteiger partial charge >= 0.3 is 0 Å². The minimum Gasteiger partial charge on any atom is -0.379 e. The third kappa shape index (κ3) is 5.49. The van der Waals surface area contributed by atoms with Gasteiger partial charge in [-0.25, -0.2) is 0 Å². The van der Waals surface area contributed by atoms with Crippen molar-refractivity contribution in [3.8, 4) is 0 Å². The Morgan fingerprint density at radius 3 is 2.77 bits per heavy atom. The van der Waals surface area contributed by atoms with Crippen LogP contribution in [0.25, 0.3) is 0 Å². The Morgan fingerprint density at radius 2 is 2.03 bits per heavy atom. The molecule has 2 N–H and O–H groups in total. The van der Waals surface area contributed by atoms with E-state index in [9.17, 15) is 0 Å². The molecule has 166 valence electrons. The zero-order valence-corrected chi connectivity index (χ0v) is 19.1. The molecule has 1 aromatic rings. The summed E-state index contributed by atoms with van der Waals surface area (Å²) in [5.41, 5.74) is 1.64. The molecule has 0 radical (unpaired) electrons. The fourth-order valence-electron chi connectivity index (χ4n) is 4.97. The highest BCUT2D eigenvalue weighted by molar-refractivity contribution is 7.99. The summed E-state index contributed by atoms with van der Waals surface area (Å²) in [5, 5.41) is 7.28. The second kappa shape index (κ2) is 10.8. The summed E-state index contributed by atoms with van der Waals surface area (Å²) < 4.78 is 5.59. The third-order valence-electron chi connectivity index (χ3n) is 6.81. The summed E-state index contributed by atoms with van der Waals surface area (Å²) in [6.45, 7) is 7.94. The van der Waals surface area contributed by atoms with Crippen LogP contribution < -0.4 is 10.6 Å². The number of nitrogens with zero attached hydrogens (tertiary/aromatic N) is 3. The number of benzene rings is 1. The Bertz CT molecular complexity index is 673. The molecule has 0 amide bonds. The van der Waals surface area contributed by atoms with Crippen molar-refractivity contribution in [2.75, 3.05) is 64.5 Å². The van der Waals surface area contributed by atoms with Gasteiger partial charge in [0.2, 0.25) is 0 Å². The summed E-state index contributed by atoms with van der Waals surface area (Å²) >= 11 is 2.08. The molecule has 2 unspecified atom stereocenters. The maximum Gasteiger partial charge on any atom is 0.191 e. The number of aliphatic imine (C=N–C) groups is 1. The van der Waals surface area contributed by atoms with Crippen LogP contribution >= 0.6 is 11.8 Å². The molecule has 4 rings (SSSR count). The molecular weight excluding hydrogens is 394 g/mol. The van der Waals surface area contributed by atoms with Gasteiger partial charge in [-0.2, -0.15) is 11.8 Å². The average Bonchev–Trinajstić information content (AvgIpc) is 3.46. The Hall–Kier alpha value is -1.28. The zero-order chi connectivity index (χ0) is 20.7. The van der Waals surface area contributed by atoms with E-state index in [1.165, 1.54) is 42.9 Å². The van der Waals surface area contributed by atoms with Gasteiger partial charge in [-0.3, -0.25) is 14.8 Å². The van der Waals surface area contributed by atoms with Gasteiger partial charge < -0.3 is 15.4 Å². The van der Waals surface area contributed by atoms with E-state index in [-0.39, 0.29) is 5.54 Å². The number of rotatable bonds is 7. The summed E-state index contributed by atoms with van der Waals surface area (Å²) in [6.07, 6.45) is 3.78. The molecule has 0 spiro atoms. The number of likely N-dealkylation sites (tertiary alicyclic amines) is 1.